The Labute approximate surface area is 153 Å². The van der Waals surface area contributed by atoms with E-state index in [1.54, 1.807) is 0 Å². The van der Waals surface area contributed by atoms with Crippen LogP contribution in [0.15, 0.2) is 48.5 Å². The molecule has 0 aromatic heterocycles. The van der Waals surface area contributed by atoms with Gasteiger partial charge in [-0.25, -0.2) is 0 Å². The molecule has 0 bridgehead atoms. The van der Waals surface area contributed by atoms with Crippen molar-refractivity contribution < 1.29 is 19.2 Å². The molecule has 1 unspecified atom stereocenters. The van der Waals surface area contributed by atoms with Crippen LogP contribution in [0.3, 0.4) is 0 Å². The zero-order valence-corrected chi connectivity index (χ0v) is 14.9. The number of quaternary nitrogens is 1. The lowest BCUT2D eigenvalue weighted by Crippen LogP contribution is -3.11. The Morgan fingerprint density at radius 1 is 1.04 bits per heavy atom. The maximum atomic E-state index is 12.4. The summed E-state index contributed by atoms with van der Waals surface area (Å²) >= 11 is 0. The van der Waals surface area contributed by atoms with Crippen molar-refractivity contribution in [1.29, 1.82) is 0 Å². The molecule has 2 atom stereocenters. The molecule has 2 aromatic rings. The highest BCUT2D eigenvalue weighted by atomic mass is 16.5. The van der Waals surface area contributed by atoms with E-state index in [0.717, 1.165) is 43.0 Å². The van der Waals surface area contributed by atoms with Crippen LogP contribution < -0.4 is 19.7 Å². The van der Waals surface area contributed by atoms with Crippen molar-refractivity contribution in [1.82, 2.24) is 0 Å². The standard InChI is InChI=1S/C21H24N2O3/c24-21(22-17-6-2-1-3-7-17)15-23-11-4-8-18(23)16-9-10-19-20(14-16)26-13-5-12-25-19/h1-3,6-7,9-10,14,18H,4-5,8,11-13,15H2,(H,22,24)/p+1/t18-/m0/s1. The highest BCUT2D eigenvalue weighted by molar-refractivity contribution is 5.91. The topological polar surface area (TPSA) is 52.0 Å². The van der Waals surface area contributed by atoms with Gasteiger partial charge in [-0.15, -0.1) is 0 Å². The Morgan fingerprint density at radius 2 is 1.85 bits per heavy atom. The van der Waals surface area contributed by atoms with E-state index >= 15 is 0 Å². The van der Waals surface area contributed by atoms with E-state index in [-0.39, 0.29) is 5.91 Å². The first-order chi connectivity index (χ1) is 12.8. The minimum Gasteiger partial charge on any atom is -0.490 e. The van der Waals surface area contributed by atoms with Crippen molar-refractivity contribution in [2.45, 2.75) is 25.3 Å². The molecule has 1 amide bonds. The van der Waals surface area contributed by atoms with Crippen molar-refractivity contribution in [3.05, 3.63) is 54.1 Å². The van der Waals surface area contributed by atoms with Gasteiger partial charge in [-0.1, -0.05) is 18.2 Å². The van der Waals surface area contributed by atoms with E-state index in [2.05, 4.69) is 17.4 Å². The van der Waals surface area contributed by atoms with Gasteiger partial charge in [-0.2, -0.15) is 0 Å². The average Bonchev–Trinajstić information content (AvgIpc) is 2.98. The number of hydrogen-bond acceptors (Lipinski definition) is 3. The normalized spacial score (nSPS) is 21.8. The molecular formula is C21H25N2O3+. The zero-order valence-electron chi connectivity index (χ0n) is 14.9. The molecule has 1 fully saturated rings. The third kappa shape index (κ3) is 3.83. The molecule has 5 heteroatoms. The highest BCUT2D eigenvalue weighted by Crippen LogP contribution is 2.33. The quantitative estimate of drug-likeness (QED) is 0.886. The van der Waals surface area contributed by atoms with Gasteiger partial charge in [0.05, 0.1) is 19.8 Å². The Hall–Kier alpha value is -2.53. The van der Waals surface area contributed by atoms with Crippen LogP contribution in [0.1, 0.15) is 30.9 Å². The summed E-state index contributed by atoms with van der Waals surface area (Å²) in [6.07, 6.45) is 3.13. The first-order valence-electron chi connectivity index (χ1n) is 9.38. The Kier molecular flexibility index (Phi) is 5.07. The fraction of sp³-hybridized carbons (Fsp3) is 0.381. The number of nitrogens with one attached hydrogen (secondary N) is 2. The van der Waals surface area contributed by atoms with Crippen LogP contribution in [-0.4, -0.2) is 32.2 Å². The molecule has 0 spiro atoms. The van der Waals surface area contributed by atoms with Gasteiger partial charge in [0.1, 0.15) is 6.04 Å². The van der Waals surface area contributed by atoms with E-state index in [0.29, 0.717) is 25.8 Å². The van der Waals surface area contributed by atoms with Crippen molar-refractivity contribution in [2.24, 2.45) is 0 Å². The second kappa shape index (κ2) is 7.79. The van der Waals surface area contributed by atoms with Crippen molar-refractivity contribution in [3.63, 3.8) is 0 Å². The summed E-state index contributed by atoms with van der Waals surface area (Å²) in [7, 11) is 0. The molecule has 4 rings (SSSR count). The second-order valence-corrected chi connectivity index (χ2v) is 6.95. The smallest absolute Gasteiger partial charge is 0.279 e. The lowest BCUT2D eigenvalue weighted by atomic mass is 10.0. The van der Waals surface area contributed by atoms with Gasteiger partial charge in [0, 0.05) is 30.5 Å². The predicted molar refractivity (Wildman–Crippen MR) is 99.8 cm³/mol. The van der Waals surface area contributed by atoms with Gasteiger partial charge < -0.3 is 19.7 Å². The molecule has 1 saturated heterocycles. The van der Waals surface area contributed by atoms with Crippen molar-refractivity contribution in [2.75, 3.05) is 31.6 Å². The SMILES string of the molecule is O=C(C[NH+]1CCC[C@H]1c1ccc2c(c1)OCCCO2)Nc1ccccc1. The predicted octanol–water partition coefficient (Wildman–Crippen LogP) is 2.21. The summed E-state index contributed by atoms with van der Waals surface area (Å²) in [4.78, 5) is 13.8. The molecule has 2 aliphatic heterocycles. The van der Waals surface area contributed by atoms with Crippen LogP contribution in [0.2, 0.25) is 0 Å². The number of ether oxygens (including phenoxy) is 2. The van der Waals surface area contributed by atoms with Gasteiger partial charge in [0.2, 0.25) is 0 Å². The van der Waals surface area contributed by atoms with E-state index < -0.39 is 0 Å². The first kappa shape index (κ1) is 16.9. The summed E-state index contributed by atoms with van der Waals surface area (Å²) in [5, 5.41) is 2.99. The van der Waals surface area contributed by atoms with Crippen LogP contribution in [0.5, 0.6) is 11.5 Å². The maximum Gasteiger partial charge on any atom is 0.279 e. The minimum absolute atomic E-state index is 0.0624. The van der Waals surface area contributed by atoms with Crippen LogP contribution in [0.4, 0.5) is 5.69 Å². The van der Waals surface area contributed by atoms with Crippen molar-refractivity contribution >= 4 is 11.6 Å². The second-order valence-electron chi connectivity index (χ2n) is 6.95. The van der Waals surface area contributed by atoms with Crippen molar-refractivity contribution in [3.8, 4) is 11.5 Å². The van der Waals surface area contributed by atoms with E-state index in [4.69, 9.17) is 9.47 Å². The summed E-state index contributed by atoms with van der Waals surface area (Å²) in [6.45, 7) is 2.89. The number of amides is 1. The van der Waals surface area contributed by atoms with Crippen LogP contribution in [-0.2, 0) is 4.79 Å². The molecule has 26 heavy (non-hydrogen) atoms. The number of carbonyl (C=O) groups is 1. The van der Waals surface area contributed by atoms with Gasteiger partial charge in [0.25, 0.3) is 5.91 Å². The summed E-state index contributed by atoms with van der Waals surface area (Å²) in [5.74, 6) is 1.72. The molecule has 2 aliphatic rings. The molecule has 0 radical (unpaired) electrons. The largest absolute Gasteiger partial charge is 0.490 e. The molecule has 2 heterocycles. The van der Waals surface area contributed by atoms with Crippen LogP contribution >= 0.6 is 0 Å². The summed E-state index contributed by atoms with van der Waals surface area (Å²) in [5.41, 5.74) is 2.08. The average molecular weight is 353 g/mol. The monoisotopic (exact) mass is 353 g/mol. The van der Waals surface area contributed by atoms with Gasteiger partial charge in [-0.3, -0.25) is 4.79 Å². The summed E-state index contributed by atoms with van der Waals surface area (Å²) < 4.78 is 11.6. The molecule has 0 saturated carbocycles. The number of rotatable bonds is 4. The van der Waals surface area contributed by atoms with E-state index in [1.807, 2.05) is 36.4 Å². The number of carbonyl (C=O) groups excluding carboxylic acids is 1. The molecule has 2 aromatic carbocycles. The Balaban J connectivity index is 1.45. The maximum absolute atomic E-state index is 12.4. The Morgan fingerprint density at radius 3 is 2.69 bits per heavy atom. The molecule has 2 N–H and O–H groups in total. The highest BCUT2D eigenvalue weighted by Gasteiger charge is 2.32. The fourth-order valence-electron chi connectivity index (χ4n) is 3.86. The molecule has 136 valence electrons. The first-order valence-corrected chi connectivity index (χ1v) is 9.38. The van der Waals surface area contributed by atoms with Gasteiger partial charge in [-0.05, 0) is 30.3 Å². The van der Waals surface area contributed by atoms with E-state index in [9.17, 15) is 4.79 Å². The molecular weight excluding hydrogens is 328 g/mol. The number of hydrogen-bond donors (Lipinski definition) is 2. The lowest BCUT2D eigenvalue weighted by molar-refractivity contribution is -0.910. The number of benzene rings is 2. The van der Waals surface area contributed by atoms with Crippen LogP contribution in [0.25, 0.3) is 0 Å². The Bertz CT molecular complexity index is 763. The number of para-hydroxylation sites is 1. The summed E-state index contributed by atoms with van der Waals surface area (Å²) in [6, 6.07) is 16.2. The fourth-order valence-corrected chi connectivity index (χ4v) is 3.86. The lowest BCUT2D eigenvalue weighted by Gasteiger charge is -2.22. The van der Waals surface area contributed by atoms with Crippen LogP contribution in [0, 0.1) is 0 Å². The third-order valence-electron chi connectivity index (χ3n) is 5.10. The minimum atomic E-state index is 0.0624. The number of fused-ring (bicyclic) bond motifs is 1. The third-order valence-corrected chi connectivity index (χ3v) is 5.10. The molecule has 0 aliphatic carbocycles. The zero-order chi connectivity index (χ0) is 17.8. The van der Waals surface area contributed by atoms with E-state index in [1.165, 1.54) is 10.5 Å². The molecule has 5 nitrogen and oxygen atoms in total. The number of anilines is 1. The van der Waals surface area contributed by atoms with Gasteiger partial charge in [0.15, 0.2) is 18.0 Å². The number of likely N-dealkylation sites (tertiary alicyclic amines) is 1. The van der Waals surface area contributed by atoms with Gasteiger partial charge >= 0.3 is 0 Å².